The lowest BCUT2D eigenvalue weighted by Crippen LogP contribution is -2.36. The van der Waals surface area contributed by atoms with Crippen LogP contribution in [-0.2, 0) is 35.1 Å². The van der Waals surface area contributed by atoms with Gasteiger partial charge in [0.2, 0.25) is 11.6 Å². The summed E-state index contributed by atoms with van der Waals surface area (Å²) in [4.78, 5) is 14.4. The van der Waals surface area contributed by atoms with Crippen molar-refractivity contribution in [3.63, 3.8) is 0 Å². The van der Waals surface area contributed by atoms with Crippen LogP contribution in [0.15, 0.2) is 180 Å². The number of nitrogens with zero attached hydrogens (tertiary/aromatic N) is 2. The Balaban J connectivity index is 1.22. The molecule has 0 radical (unpaired) electrons. The third-order valence-electron chi connectivity index (χ3n) is 13.5. The van der Waals surface area contributed by atoms with Crippen molar-refractivity contribution in [3.8, 4) is 5.75 Å². The number of benzene rings is 5. The molecule has 9 nitrogen and oxygen atoms in total. The molecule has 3 aliphatic rings. The Hall–Kier alpha value is -6.49. The van der Waals surface area contributed by atoms with Gasteiger partial charge in [0.1, 0.15) is 11.5 Å². The molecule has 5 N–H and O–H groups in total. The number of amides is 1. The van der Waals surface area contributed by atoms with Crippen LogP contribution in [0.5, 0.6) is 5.75 Å². The van der Waals surface area contributed by atoms with E-state index in [0.29, 0.717) is 48.3 Å². The van der Waals surface area contributed by atoms with Crippen molar-refractivity contribution in [3.05, 3.63) is 208 Å². The Morgan fingerprint density at radius 2 is 1.39 bits per heavy atom. The molecule has 0 fully saturated rings. The summed E-state index contributed by atoms with van der Waals surface area (Å²) >= 11 is 0. The van der Waals surface area contributed by atoms with Crippen molar-refractivity contribution >= 4 is 48.2 Å². The first-order valence-electron chi connectivity index (χ1n) is 23.2. The fourth-order valence-corrected chi connectivity index (χ4v) is 9.85. The number of para-hydroxylation sites is 2. The van der Waals surface area contributed by atoms with Crippen LogP contribution in [-0.4, -0.2) is 57.1 Å². The van der Waals surface area contributed by atoms with Crippen molar-refractivity contribution < 1.29 is 34.2 Å². The maximum absolute atomic E-state index is 12.1. The highest BCUT2D eigenvalue weighted by atomic mass is 16.5. The second kappa shape index (κ2) is 19.8. The summed E-state index contributed by atoms with van der Waals surface area (Å²) in [5, 5.41) is 44.2. The standard InChI is InChI=1S/C56H59B2N3O6/c1-38(2)54(62)59-35-34-39-26-30-44(31-27-39)67-53-40(28-32-51-55(3,4)45-20-9-13-24-49(45)60(51)36-42-16-7-11-22-47(42)57(63)64)18-15-19-41(53)29-33-52-56(5,6)46-21-10-14-25-50(46)61(52)37-43-17-8-12-23-48(43)58(65)66/h7-14,16-17,20-33,63-66H,1,15,18-19,34-37H2,2-6H3/p+1. The van der Waals surface area contributed by atoms with Crippen LogP contribution < -0.4 is 25.9 Å². The van der Waals surface area contributed by atoms with Crippen molar-refractivity contribution in [1.29, 1.82) is 0 Å². The van der Waals surface area contributed by atoms with Gasteiger partial charge in [-0.05, 0) is 116 Å². The van der Waals surface area contributed by atoms with Gasteiger partial charge in [0, 0.05) is 58.7 Å². The second-order valence-corrected chi connectivity index (χ2v) is 18.8. The molecule has 0 unspecified atom stereocenters. The third kappa shape index (κ3) is 9.83. The summed E-state index contributed by atoms with van der Waals surface area (Å²) in [6.45, 7) is 15.8. The van der Waals surface area contributed by atoms with E-state index in [4.69, 9.17) is 4.74 Å². The Bertz CT molecular complexity index is 2850. The second-order valence-electron chi connectivity index (χ2n) is 18.8. The quantitative estimate of drug-likeness (QED) is 0.0414. The van der Waals surface area contributed by atoms with Gasteiger partial charge in [-0.2, -0.15) is 4.58 Å². The topological polar surface area (TPSA) is 126 Å². The largest absolute Gasteiger partial charge is 0.488 e. The molecule has 0 atom stereocenters. The van der Waals surface area contributed by atoms with E-state index >= 15 is 0 Å². The monoisotopic (exact) mass is 892 g/mol. The van der Waals surface area contributed by atoms with Gasteiger partial charge in [0.25, 0.3) is 0 Å². The number of nitrogens with one attached hydrogen (secondary N) is 1. The fraction of sp³-hybridized carbons (Fsp3) is 0.250. The Morgan fingerprint density at radius 3 is 2.09 bits per heavy atom. The zero-order valence-electron chi connectivity index (χ0n) is 39.2. The predicted octanol–water partition coefficient (Wildman–Crippen LogP) is 7.74. The van der Waals surface area contributed by atoms with Gasteiger partial charge in [0.15, 0.2) is 12.3 Å². The number of carbonyl (C=O) groups is 1. The molecule has 67 heavy (non-hydrogen) atoms. The van der Waals surface area contributed by atoms with Gasteiger partial charge in [-0.3, -0.25) is 4.79 Å². The van der Waals surface area contributed by atoms with Crippen LogP contribution >= 0.6 is 0 Å². The maximum Gasteiger partial charge on any atom is 0.488 e. The van der Waals surface area contributed by atoms with Gasteiger partial charge in [0.05, 0.1) is 5.41 Å². The molecule has 340 valence electrons. The number of anilines is 1. The molecule has 11 heteroatoms. The van der Waals surface area contributed by atoms with Gasteiger partial charge >= 0.3 is 14.2 Å². The minimum Gasteiger partial charge on any atom is -0.457 e. The zero-order valence-corrected chi connectivity index (χ0v) is 39.2. The summed E-state index contributed by atoms with van der Waals surface area (Å²) in [6.07, 6.45) is 12.0. The lowest BCUT2D eigenvalue weighted by Gasteiger charge is -2.28. The lowest BCUT2D eigenvalue weighted by molar-refractivity contribution is -0.454. The molecule has 5 aromatic rings. The van der Waals surface area contributed by atoms with Crippen LogP contribution in [0.4, 0.5) is 11.4 Å². The van der Waals surface area contributed by atoms with Crippen LogP contribution in [0.2, 0.25) is 0 Å². The van der Waals surface area contributed by atoms with Crippen LogP contribution in [0.3, 0.4) is 0 Å². The summed E-state index contributed by atoms with van der Waals surface area (Å²) in [5.41, 5.74) is 12.3. The highest BCUT2D eigenvalue weighted by Crippen LogP contribution is 2.49. The van der Waals surface area contributed by atoms with Crippen LogP contribution in [0.25, 0.3) is 0 Å². The zero-order chi connectivity index (χ0) is 47.5. The van der Waals surface area contributed by atoms with E-state index in [1.54, 1.807) is 19.1 Å². The number of ether oxygens (including phenoxy) is 1. The van der Waals surface area contributed by atoms with E-state index in [1.807, 2.05) is 72.8 Å². The highest BCUT2D eigenvalue weighted by Gasteiger charge is 2.45. The maximum atomic E-state index is 12.1. The highest BCUT2D eigenvalue weighted by molar-refractivity contribution is 6.59. The van der Waals surface area contributed by atoms with Crippen molar-refractivity contribution in [2.75, 3.05) is 11.4 Å². The molecular weight excluding hydrogens is 832 g/mol. The number of allylic oxidation sites excluding steroid dienone is 7. The van der Waals surface area contributed by atoms with Crippen molar-refractivity contribution in [1.82, 2.24) is 5.32 Å². The normalized spacial score (nSPS) is 17.3. The molecule has 1 aliphatic carbocycles. The molecule has 0 aromatic heterocycles. The number of carbonyl (C=O) groups excluding carboxylic acids is 1. The Morgan fingerprint density at radius 1 is 0.761 bits per heavy atom. The van der Waals surface area contributed by atoms with Gasteiger partial charge in [-0.1, -0.05) is 124 Å². The summed E-state index contributed by atoms with van der Waals surface area (Å²) in [6, 6.07) is 39.8. The van der Waals surface area contributed by atoms with Gasteiger partial charge in [-0.15, -0.1) is 0 Å². The molecule has 2 aliphatic heterocycles. The van der Waals surface area contributed by atoms with E-state index in [9.17, 15) is 24.9 Å². The number of rotatable bonds is 15. The number of hydrogen-bond donors (Lipinski definition) is 5. The van der Waals surface area contributed by atoms with E-state index in [2.05, 4.69) is 110 Å². The first-order chi connectivity index (χ1) is 32.1. The molecule has 2 heterocycles. The lowest BCUT2D eigenvalue weighted by atomic mass is 9.77. The van der Waals surface area contributed by atoms with E-state index in [0.717, 1.165) is 75.6 Å². The van der Waals surface area contributed by atoms with E-state index < -0.39 is 14.2 Å². The molecular formula is C56H60B2N3O6+. The number of hydrogen-bond acceptors (Lipinski definition) is 7. The Kier molecular flexibility index (Phi) is 13.9. The fourth-order valence-electron chi connectivity index (χ4n) is 9.85. The molecule has 5 aromatic carbocycles. The van der Waals surface area contributed by atoms with E-state index in [1.165, 1.54) is 11.1 Å². The average Bonchev–Trinajstić information content (AvgIpc) is 3.66. The third-order valence-corrected chi connectivity index (χ3v) is 13.5. The molecule has 0 bridgehead atoms. The van der Waals surface area contributed by atoms with Gasteiger partial charge in [-0.25, -0.2) is 0 Å². The first kappa shape index (κ1) is 47.0. The van der Waals surface area contributed by atoms with Crippen molar-refractivity contribution in [2.45, 2.75) is 84.2 Å². The number of fused-ring (bicyclic) bond motifs is 2. The van der Waals surface area contributed by atoms with Crippen LogP contribution in [0.1, 0.15) is 81.7 Å². The summed E-state index contributed by atoms with van der Waals surface area (Å²) < 4.78 is 9.29. The molecule has 0 saturated carbocycles. The molecule has 0 spiro atoms. The van der Waals surface area contributed by atoms with Crippen molar-refractivity contribution in [2.24, 2.45) is 0 Å². The minimum absolute atomic E-state index is 0.152. The predicted molar refractivity (Wildman–Crippen MR) is 271 cm³/mol. The smallest absolute Gasteiger partial charge is 0.457 e. The SMILES string of the molecule is C=C(C)C(=O)NCCc1ccc(OC2=C(C=CC3=[N+](Cc4ccccc4B(O)O)c4ccccc4C3(C)C)CCCC2=CC=C2N(Cc3ccccc3B(O)O)c3ccccc3C2(C)C)cc1. The molecule has 0 saturated heterocycles. The first-order valence-corrected chi connectivity index (χ1v) is 23.2. The van der Waals surface area contributed by atoms with Gasteiger partial charge < -0.3 is 35.0 Å². The molecule has 1 amide bonds. The summed E-state index contributed by atoms with van der Waals surface area (Å²) in [7, 11) is -3.19. The van der Waals surface area contributed by atoms with Crippen LogP contribution in [0, 0.1) is 0 Å². The summed E-state index contributed by atoms with van der Waals surface area (Å²) in [5.74, 6) is 1.34. The minimum atomic E-state index is -1.59. The molecule has 8 rings (SSSR count). The van der Waals surface area contributed by atoms with E-state index in [-0.39, 0.29) is 16.7 Å². The average molecular weight is 893 g/mol. The Labute approximate surface area is 395 Å².